The van der Waals surface area contributed by atoms with E-state index in [1.807, 2.05) is 4.90 Å². The van der Waals surface area contributed by atoms with Gasteiger partial charge in [0.25, 0.3) is 0 Å². The van der Waals surface area contributed by atoms with Crippen LogP contribution >= 0.6 is 24.0 Å². The van der Waals surface area contributed by atoms with E-state index in [1.54, 1.807) is 0 Å². The summed E-state index contributed by atoms with van der Waals surface area (Å²) in [5.74, 6) is 1.12. The SMILES string of the molecule is CCNC(=NCc1ccc(CN2CCCC2=O)cc1)NCCCc1ccccc1.I. The van der Waals surface area contributed by atoms with Gasteiger partial charge in [0.2, 0.25) is 5.91 Å². The molecule has 2 aromatic rings. The number of rotatable bonds is 9. The van der Waals surface area contributed by atoms with Crippen LogP contribution in [0.15, 0.2) is 59.6 Å². The molecule has 3 rings (SSSR count). The molecule has 1 amide bonds. The summed E-state index contributed by atoms with van der Waals surface area (Å²) in [5, 5.41) is 6.73. The van der Waals surface area contributed by atoms with Crippen LogP contribution in [-0.2, 0) is 24.3 Å². The third kappa shape index (κ3) is 7.97. The average Bonchev–Trinajstić information content (AvgIpc) is 3.15. The second-order valence-electron chi connectivity index (χ2n) is 7.45. The van der Waals surface area contributed by atoms with Gasteiger partial charge in [0.05, 0.1) is 6.54 Å². The lowest BCUT2D eigenvalue weighted by Crippen LogP contribution is -2.37. The van der Waals surface area contributed by atoms with Gasteiger partial charge in [-0.2, -0.15) is 0 Å². The van der Waals surface area contributed by atoms with Crippen molar-refractivity contribution >= 4 is 35.8 Å². The molecule has 30 heavy (non-hydrogen) atoms. The smallest absolute Gasteiger partial charge is 0.222 e. The fourth-order valence-corrected chi connectivity index (χ4v) is 3.50. The molecule has 0 unspecified atom stereocenters. The topological polar surface area (TPSA) is 56.7 Å². The largest absolute Gasteiger partial charge is 0.357 e. The van der Waals surface area contributed by atoms with E-state index in [-0.39, 0.29) is 29.9 Å². The standard InChI is InChI=1S/C24H32N4O.HI/c1-2-25-24(26-16-6-10-20-8-4-3-5-9-20)27-18-21-12-14-22(15-13-21)19-28-17-7-11-23(28)29;/h3-5,8-9,12-15H,2,6-7,10-11,16-19H2,1H3,(H2,25,26,27);1H. The fraction of sp³-hybridized carbons (Fsp3) is 0.417. The lowest BCUT2D eigenvalue weighted by atomic mass is 10.1. The van der Waals surface area contributed by atoms with E-state index in [4.69, 9.17) is 4.99 Å². The molecule has 1 aliphatic heterocycles. The first kappa shape index (κ1) is 24.2. The quantitative estimate of drug-likeness (QED) is 0.227. The summed E-state index contributed by atoms with van der Waals surface area (Å²) in [6, 6.07) is 19.0. The van der Waals surface area contributed by atoms with Crippen LogP contribution in [0.4, 0.5) is 0 Å². The number of benzene rings is 2. The Hall–Kier alpha value is -2.09. The van der Waals surface area contributed by atoms with E-state index >= 15 is 0 Å². The third-order valence-corrected chi connectivity index (χ3v) is 5.11. The molecule has 0 radical (unpaired) electrons. The Morgan fingerprint density at radius 3 is 2.40 bits per heavy atom. The first-order valence-corrected chi connectivity index (χ1v) is 10.7. The van der Waals surface area contributed by atoms with Gasteiger partial charge in [-0.25, -0.2) is 4.99 Å². The predicted octanol–water partition coefficient (Wildman–Crippen LogP) is 4.11. The molecule has 1 fully saturated rings. The van der Waals surface area contributed by atoms with E-state index in [0.29, 0.717) is 19.5 Å². The van der Waals surface area contributed by atoms with Crippen LogP contribution in [0, 0.1) is 0 Å². The number of guanidine groups is 1. The Labute approximate surface area is 197 Å². The summed E-state index contributed by atoms with van der Waals surface area (Å²) in [7, 11) is 0. The van der Waals surface area contributed by atoms with Crippen molar-refractivity contribution in [1.82, 2.24) is 15.5 Å². The Balaban J connectivity index is 0.00000320. The zero-order chi connectivity index (χ0) is 20.3. The lowest BCUT2D eigenvalue weighted by Gasteiger charge is -2.15. The maximum absolute atomic E-state index is 11.8. The molecule has 6 heteroatoms. The van der Waals surface area contributed by atoms with Crippen molar-refractivity contribution < 1.29 is 4.79 Å². The van der Waals surface area contributed by atoms with Gasteiger partial charge in [0, 0.05) is 32.6 Å². The number of hydrogen-bond donors (Lipinski definition) is 2. The molecule has 0 aromatic heterocycles. The summed E-state index contributed by atoms with van der Waals surface area (Å²) < 4.78 is 0. The molecule has 0 saturated carbocycles. The molecular formula is C24H33IN4O. The highest BCUT2D eigenvalue weighted by Gasteiger charge is 2.19. The molecule has 2 aromatic carbocycles. The second kappa shape index (κ2) is 13.3. The molecule has 1 aliphatic rings. The predicted molar refractivity (Wildman–Crippen MR) is 134 cm³/mol. The second-order valence-corrected chi connectivity index (χ2v) is 7.45. The van der Waals surface area contributed by atoms with Gasteiger partial charge >= 0.3 is 0 Å². The molecule has 1 saturated heterocycles. The van der Waals surface area contributed by atoms with Crippen LogP contribution in [0.2, 0.25) is 0 Å². The highest BCUT2D eigenvalue weighted by molar-refractivity contribution is 14.0. The van der Waals surface area contributed by atoms with Crippen molar-refractivity contribution in [3.8, 4) is 0 Å². The van der Waals surface area contributed by atoms with E-state index in [1.165, 1.54) is 16.7 Å². The van der Waals surface area contributed by atoms with Crippen LogP contribution in [0.1, 0.15) is 42.9 Å². The van der Waals surface area contributed by atoms with Gasteiger partial charge in [-0.1, -0.05) is 54.6 Å². The van der Waals surface area contributed by atoms with Crippen molar-refractivity contribution in [2.24, 2.45) is 4.99 Å². The van der Waals surface area contributed by atoms with Gasteiger partial charge in [-0.05, 0) is 42.9 Å². The maximum Gasteiger partial charge on any atom is 0.222 e. The zero-order valence-electron chi connectivity index (χ0n) is 17.8. The van der Waals surface area contributed by atoms with Gasteiger partial charge in [-0.15, -0.1) is 24.0 Å². The molecule has 0 spiro atoms. The Morgan fingerprint density at radius 2 is 1.73 bits per heavy atom. The minimum Gasteiger partial charge on any atom is -0.357 e. The van der Waals surface area contributed by atoms with Crippen LogP contribution in [-0.4, -0.2) is 36.4 Å². The minimum atomic E-state index is 0. The van der Waals surface area contributed by atoms with Crippen molar-refractivity contribution in [1.29, 1.82) is 0 Å². The number of nitrogens with zero attached hydrogens (tertiary/aromatic N) is 2. The summed E-state index contributed by atoms with van der Waals surface area (Å²) in [5.41, 5.74) is 3.72. The van der Waals surface area contributed by atoms with Gasteiger partial charge in [0.15, 0.2) is 5.96 Å². The Kier molecular flexibility index (Phi) is 10.7. The first-order chi connectivity index (χ1) is 14.2. The number of amides is 1. The van der Waals surface area contributed by atoms with E-state index in [2.05, 4.69) is 72.2 Å². The number of likely N-dealkylation sites (tertiary alicyclic amines) is 1. The monoisotopic (exact) mass is 520 g/mol. The van der Waals surface area contributed by atoms with Crippen molar-refractivity contribution in [3.63, 3.8) is 0 Å². The number of nitrogens with one attached hydrogen (secondary N) is 2. The fourth-order valence-electron chi connectivity index (χ4n) is 3.50. The van der Waals surface area contributed by atoms with E-state index in [0.717, 1.165) is 44.9 Å². The number of aryl methyl sites for hydroxylation is 1. The number of aliphatic imine (C=N–C) groups is 1. The van der Waals surface area contributed by atoms with Gasteiger partial charge in [0.1, 0.15) is 0 Å². The average molecular weight is 520 g/mol. The van der Waals surface area contributed by atoms with Gasteiger partial charge in [-0.3, -0.25) is 4.79 Å². The Bertz CT molecular complexity index is 793. The van der Waals surface area contributed by atoms with E-state index in [9.17, 15) is 4.79 Å². The van der Waals surface area contributed by atoms with E-state index < -0.39 is 0 Å². The minimum absolute atomic E-state index is 0. The normalized spacial score (nSPS) is 13.8. The molecule has 0 atom stereocenters. The molecule has 0 aliphatic carbocycles. The summed E-state index contributed by atoms with van der Waals surface area (Å²) in [4.78, 5) is 18.4. The molecular weight excluding hydrogens is 487 g/mol. The summed E-state index contributed by atoms with van der Waals surface area (Å²) in [6.45, 7) is 6.05. The van der Waals surface area contributed by atoms with Crippen LogP contribution in [0.3, 0.4) is 0 Å². The number of carbonyl (C=O) groups is 1. The van der Waals surface area contributed by atoms with Crippen LogP contribution < -0.4 is 10.6 Å². The number of halogens is 1. The van der Waals surface area contributed by atoms with Crippen molar-refractivity contribution in [2.45, 2.75) is 45.7 Å². The first-order valence-electron chi connectivity index (χ1n) is 10.7. The Morgan fingerprint density at radius 1 is 1.00 bits per heavy atom. The molecule has 0 bridgehead atoms. The molecule has 2 N–H and O–H groups in total. The highest BCUT2D eigenvalue weighted by Crippen LogP contribution is 2.15. The van der Waals surface area contributed by atoms with Crippen LogP contribution in [0.5, 0.6) is 0 Å². The molecule has 5 nitrogen and oxygen atoms in total. The number of carbonyl (C=O) groups excluding carboxylic acids is 1. The third-order valence-electron chi connectivity index (χ3n) is 5.11. The zero-order valence-corrected chi connectivity index (χ0v) is 20.1. The van der Waals surface area contributed by atoms with Crippen molar-refractivity contribution in [3.05, 3.63) is 71.3 Å². The maximum atomic E-state index is 11.8. The molecule has 162 valence electrons. The molecule has 1 heterocycles. The number of hydrogen-bond acceptors (Lipinski definition) is 2. The summed E-state index contributed by atoms with van der Waals surface area (Å²) >= 11 is 0. The summed E-state index contributed by atoms with van der Waals surface area (Å²) in [6.07, 6.45) is 3.81. The van der Waals surface area contributed by atoms with Gasteiger partial charge < -0.3 is 15.5 Å². The van der Waals surface area contributed by atoms with Crippen LogP contribution in [0.25, 0.3) is 0 Å². The highest BCUT2D eigenvalue weighted by atomic mass is 127. The van der Waals surface area contributed by atoms with Crippen molar-refractivity contribution in [2.75, 3.05) is 19.6 Å². The lowest BCUT2D eigenvalue weighted by molar-refractivity contribution is -0.128.